The first-order valence-corrected chi connectivity index (χ1v) is 6.27. The van der Waals surface area contributed by atoms with Gasteiger partial charge in [-0.25, -0.2) is 0 Å². The predicted octanol–water partition coefficient (Wildman–Crippen LogP) is 4.93. The Morgan fingerprint density at radius 1 is 0.846 bits per heavy atom. The molecule has 0 aromatic heterocycles. The molecule has 0 aromatic carbocycles. The SMILES string of the molecule is CCCC1(C)CCCCCCCC1. The molecule has 0 N–H and O–H groups in total. The molecule has 78 valence electrons. The maximum Gasteiger partial charge on any atom is -0.0326 e. The van der Waals surface area contributed by atoms with E-state index in [1.54, 1.807) is 0 Å². The summed E-state index contributed by atoms with van der Waals surface area (Å²) in [7, 11) is 0. The second kappa shape index (κ2) is 5.67. The van der Waals surface area contributed by atoms with Crippen molar-refractivity contribution in [2.45, 2.75) is 78.1 Å². The van der Waals surface area contributed by atoms with Gasteiger partial charge in [-0.05, 0) is 24.7 Å². The molecule has 0 heterocycles. The van der Waals surface area contributed by atoms with Gasteiger partial charge in [-0.3, -0.25) is 0 Å². The van der Waals surface area contributed by atoms with Crippen LogP contribution in [0.1, 0.15) is 78.1 Å². The number of rotatable bonds is 2. The van der Waals surface area contributed by atoms with Gasteiger partial charge in [-0.2, -0.15) is 0 Å². The Labute approximate surface area is 84.1 Å². The van der Waals surface area contributed by atoms with Gasteiger partial charge in [0, 0.05) is 0 Å². The molecule has 0 saturated heterocycles. The molecule has 0 spiro atoms. The minimum atomic E-state index is 0.694. The fourth-order valence-electron chi connectivity index (χ4n) is 2.79. The van der Waals surface area contributed by atoms with Crippen LogP contribution in [0.5, 0.6) is 0 Å². The average molecular weight is 182 g/mol. The standard InChI is InChI=1S/C13H26/c1-3-10-13(2)11-8-6-4-5-7-9-12-13/h3-12H2,1-2H3. The summed E-state index contributed by atoms with van der Waals surface area (Å²) in [4.78, 5) is 0. The Kier molecular flexibility index (Phi) is 4.83. The van der Waals surface area contributed by atoms with Gasteiger partial charge in [0.25, 0.3) is 0 Å². The topological polar surface area (TPSA) is 0 Å². The highest BCUT2D eigenvalue weighted by Crippen LogP contribution is 2.36. The monoisotopic (exact) mass is 182 g/mol. The van der Waals surface area contributed by atoms with Gasteiger partial charge in [0.2, 0.25) is 0 Å². The van der Waals surface area contributed by atoms with E-state index < -0.39 is 0 Å². The van der Waals surface area contributed by atoms with Crippen LogP contribution in [0, 0.1) is 5.41 Å². The summed E-state index contributed by atoms with van der Waals surface area (Å²) < 4.78 is 0. The molecular formula is C13H26. The maximum atomic E-state index is 2.52. The lowest BCUT2D eigenvalue weighted by molar-refractivity contribution is 0.236. The van der Waals surface area contributed by atoms with Gasteiger partial charge in [-0.1, -0.05) is 58.8 Å². The lowest BCUT2D eigenvalue weighted by atomic mass is 9.77. The summed E-state index contributed by atoms with van der Waals surface area (Å²) in [5, 5.41) is 0. The molecule has 0 aliphatic heterocycles. The molecule has 1 rings (SSSR count). The molecule has 0 amide bonds. The Bertz CT molecular complexity index is 116. The van der Waals surface area contributed by atoms with Crippen molar-refractivity contribution in [1.29, 1.82) is 0 Å². The summed E-state index contributed by atoms with van der Waals surface area (Å²) >= 11 is 0. The first-order valence-electron chi connectivity index (χ1n) is 6.27. The Morgan fingerprint density at radius 2 is 1.31 bits per heavy atom. The van der Waals surface area contributed by atoms with Crippen molar-refractivity contribution < 1.29 is 0 Å². The number of hydrogen-bond donors (Lipinski definition) is 0. The fraction of sp³-hybridized carbons (Fsp3) is 1.00. The van der Waals surface area contributed by atoms with Crippen LogP contribution < -0.4 is 0 Å². The average Bonchev–Trinajstić information content (AvgIpc) is 2.18. The van der Waals surface area contributed by atoms with Crippen molar-refractivity contribution in [3.63, 3.8) is 0 Å². The molecule has 1 fully saturated rings. The van der Waals surface area contributed by atoms with Crippen molar-refractivity contribution in [2.24, 2.45) is 5.41 Å². The van der Waals surface area contributed by atoms with E-state index in [1.807, 2.05) is 0 Å². The van der Waals surface area contributed by atoms with Crippen LogP contribution in [0.25, 0.3) is 0 Å². The van der Waals surface area contributed by atoms with Crippen molar-refractivity contribution >= 4 is 0 Å². The third kappa shape index (κ3) is 4.15. The minimum Gasteiger partial charge on any atom is -0.0654 e. The van der Waals surface area contributed by atoms with Crippen molar-refractivity contribution in [3.05, 3.63) is 0 Å². The molecule has 1 saturated carbocycles. The molecule has 0 radical (unpaired) electrons. The van der Waals surface area contributed by atoms with Gasteiger partial charge < -0.3 is 0 Å². The summed E-state index contributed by atoms with van der Waals surface area (Å²) in [5.41, 5.74) is 0.694. The normalized spacial score (nSPS) is 24.5. The van der Waals surface area contributed by atoms with E-state index in [2.05, 4.69) is 13.8 Å². The Balaban J connectivity index is 2.39. The highest BCUT2D eigenvalue weighted by atomic mass is 14.3. The molecule has 0 nitrogen and oxygen atoms in total. The molecule has 1 aliphatic carbocycles. The van der Waals surface area contributed by atoms with Crippen molar-refractivity contribution in [3.8, 4) is 0 Å². The van der Waals surface area contributed by atoms with Crippen LogP contribution in [-0.2, 0) is 0 Å². The van der Waals surface area contributed by atoms with Crippen molar-refractivity contribution in [2.75, 3.05) is 0 Å². The first kappa shape index (κ1) is 11.1. The lowest BCUT2D eigenvalue weighted by Gasteiger charge is -2.29. The van der Waals surface area contributed by atoms with E-state index in [1.165, 1.54) is 64.2 Å². The smallest absolute Gasteiger partial charge is 0.0326 e. The predicted molar refractivity (Wildman–Crippen MR) is 60.0 cm³/mol. The molecule has 0 atom stereocenters. The third-order valence-corrected chi connectivity index (χ3v) is 3.66. The fourth-order valence-corrected chi connectivity index (χ4v) is 2.79. The van der Waals surface area contributed by atoms with E-state index in [0.717, 1.165) is 0 Å². The van der Waals surface area contributed by atoms with E-state index in [0.29, 0.717) is 5.41 Å². The first-order chi connectivity index (χ1) is 6.27. The van der Waals surface area contributed by atoms with Crippen LogP contribution in [0.15, 0.2) is 0 Å². The summed E-state index contributed by atoms with van der Waals surface area (Å²) in [6, 6.07) is 0. The van der Waals surface area contributed by atoms with E-state index in [9.17, 15) is 0 Å². The lowest BCUT2D eigenvalue weighted by Crippen LogP contribution is -2.15. The zero-order chi connectivity index (χ0) is 9.57. The van der Waals surface area contributed by atoms with Gasteiger partial charge in [-0.15, -0.1) is 0 Å². The second-order valence-corrected chi connectivity index (χ2v) is 5.18. The Morgan fingerprint density at radius 3 is 1.77 bits per heavy atom. The molecule has 0 aromatic rings. The van der Waals surface area contributed by atoms with Gasteiger partial charge in [0.15, 0.2) is 0 Å². The zero-order valence-corrected chi connectivity index (χ0v) is 9.57. The highest BCUT2D eigenvalue weighted by Gasteiger charge is 2.22. The molecule has 13 heavy (non-hydrogen) atoms. The largest absolute Gasteiger partial charge is 0.0654 e. The summed E-state index contributed by atoms with van der Waals surface area (Å²) in [5.74, 6) is 0. The molecule has 0 heteroatoms. The molecular weight excluding hydrogens is 156 g/mol. The van der Waals surface area contributed by atoms with E-state index in [4.69, 9.17) is 0 Å². The van der Waals surface area contributed by atoms with Crippen molar-refractivity contribution in [1.82, 2.24) is 0 Å². The van der Waals surface area contributed by atoms with Gasteiger partial charge >= 0.3 is 0 Å². The molecule has 1 aliphatic rings. The quantitative estimate of drug-likeness (QED) is 0.568. The van der Waals surface area contributed by atoms with Crippen LogP contribution in [0.4, 0.5) is 0 Å². The number of hydrogen-bond acceptors (Lipinski definition) is 0. The van der Waals surface area contributed by atoms with Crippen LogP contribution in [0.3, 0.4) is 0 Å². The zero-order valence-electron chi connectivity index (χ0n) is 9.57. The molecule has 0 bridgehead atoms. The van der Waals surface area contributed by atoms with Gasteiger partial charge in [0.1, 0.15) is 0 Å². The third-order valence-electron chi connectivity index (χ3n) is 3.66. The molecule has 0 unspecified atom stereocenters. The van der Waals surface area contributed by atoms with E-state index in [-0.39, 0.29) is 0 Å². The van der Waals surface area contributed by atoms with Crippen LogP contribution in [0.2, 0.25) is 0 Å². The Hall–Kier alpha value is 0. The minimum absolute atomic E-state index is 0.694. The summed E-state index contributed by atoms with van der Waals surface area (Å²) in [6.07, 6.45) is 14.7. The summed E-state index contributed by atoms with van der Waals surface area (Å²) in [6.45, 7) is 4.85. The second-order valence-electron chi connectivity index (χ2n) is 5.18. The highest BCUT2D eigenvalue weighted by molar-refractivity contribution is 4.75. The van der Waals surface area contributed by atoms with Gasteiger partial charge in [0.05, 0.1) is 0 Å². The van der Waals surface area contributed by atoms with E-state index >= 15 is 0 Å². The maximum absolute atomic E-state index is 2.52. The van der Waals surface area contributed by atoms with Crippen LogP contribution >= 0.6 is 0 Å². The van der Waals surface area contributed by atoms with Crippen LogP contribution in [-0.4, -0.2) is 0 Å².